The Morgan fingerprint density at radius 1 is 1.30 bits per heavy atom. The van der Waals surface area contributed by atoms with Crippen molar-refractivity contribution in [1.29, 1.82) is 0 Å². The van der Waals surface area contributed by atoms with E-state index in [1.807, 2.05) is 14.1 Å². The molecule has 0 unspecified atom stereocenters. The van der Waals surface area contributed by atoms with Gasteiger partial charge >= 0.3 is 0 Å². The molecule has 0 aliphatic rings. The molecule has 0 saturated heterocycles. The van der Waals surface area contributed by atoms with Gasteiger partial charge in [0.15, 0.2) is 5.96 Å². The number of halogens is 1. The monoisotopic (exact) mass is 391 g/mol. The van der Waals surface area contributed by atoms with Crippen LogP contribution in [-0.4, -0.2) is 45.2 Å². The van der Waals surface area contributed by atoms with Crippen LogP contribution in [0, 0.1) is 6.92 Å². The number of ether oxygens (including phenoxy) is 1. The van der Waals surface area contributed by atoms with E-state index in [-0.39, 0.29) is 24.0 Å². The number of hydrogen-bond donors (Lipinski definition) is 1. The molecule has 1 aromatic rings. The molecule has 1 N–H and O–H groups in total. The molecule has 0 radical (unpaired) electrons. The number of aryl methyl sites for hydroxylation is 1. The second kappa shape index (κ2) is 10.9. The number of guanidine groups is 1. The predicted molar refractivity (Wildman–Crippen MR) is 95.9 cm³/mol. The smallest absolute Gasteiger partial charge is 0.193 e. The lowest BCUT2D eigenvalue weighted by molar-refractivity contribution is 0.195. The normalized spacial score (nSPS) is 10.9. The summed E-state index contributed by atoms with van der Waals surface area (Å²) in [5.74, 6) is 0.914. The molecule has 0 atom stereocenters. The average Bonchev–Trinajstić information content (AvgIpc) is 2.41. The van der Waals surface area contributed by atoms with Gasteiger partial charge in [-0.1, -0.05) is 29.8 Å². The lowest BCUT2D eigenvalue weighted by Crippen LogP contribution is -2.39. The summed E-state index contributed by atoms with van der Waals surface area (Å²) < 4.78 is 5.03. The fraction of sp³-hybridized carbons (Fsp3) is 0.533. The van der Waals surface area contributed by atoms with Crippen LogP contribution in [-0.2, 0) is 11.3 Å². The molecule has 5 heteroatoms. The van der Waals surface area contributed by atoms with Gasteiger partial charge in [-0.25, -0.2) is 0 Å². The summed E-state index contributed by atoms with van der Waals surface area (Å²) in [5, 5.41) is 3.33. The first-order valence-corrected chi connectivity index (χ1v) is 6.63. The second-order valence-corrected chi connectivity index (χ2v) is 4.66. The zero-order chi connectivity index (χ0) is 14.1. The van der Waals surface area contributed by atoms with Crippen LogP contribution in [0.25, 0.3) is 0 Å². The van der Waals surface area contributed by atoms with Crippen LogP contribution in [0.5, 0.6) is 0 Å². The van der Waals surface area contributed by atoms with Gasteiger partial charge in [0, 0.05) is 40.9 Å². The van der Waals surface area contributed by atoms with Gasteiger partial charge in [-0.2, -0.15) is 0 Å². The molecule has 4 nitrogen and oxygen atoms in total. The molecule has 0 aromatic heterocycles. The predicted octanol–water partition coefficient (Wildman–Crippen LogP) is 2.66. The second-order valence-electron chi connectivity index (χ2n) is 4.66. The SMILES string of the molecule is CN=C(NCCCOC)N(C)Cc1ccc(C)cc1.I. The van der Waals surface area contributed by atoms with Crippen molar-refractivity contribution < 1.29 is 4.74 Å². The highest BCUT2D eigenvalue weighted by molar-refractivity contribution is 14.0. The number of rotatable bonds is 6. The van der Waals surface area contributed by atoms with Crippen LogP contribution < -0.4 is 5.32 Å². The summed E-state index contributed by atoms with van der Waals surface area (Å²) in [5.41, 5.74) is 2.57. The molecule has 0 aliphatic carbocycles. The van der Waals surface area contributed by atoms with Crippen LogP contribution in [0.4, 0.5) is 0 Å². The van der Waals surface area contributed by atoms with Crippen molar-refractivity contribution in [2.45, 2.75) is 19.9 Å². The third-order valence-electron chi connectivity index (χ3n) is 2.92. The van der Waals surface area contributed by atoms with E-state index in [0.717, 1.165) is 32.1 Å². The first-order chi connectivity index (χ1) is 9.17. The van der Waals surface area contributed by atoms with E-state index < -0.39 is 0 Å². The van der Waals surface area contributed by atoms with Crippen LogP contribution in [0.1, 0.15) is 17.5 Å². The van der Waals surface area contributed by atoms with E-state index in [2.05, 4.69) is 46.4 Å². The Hall–Kier alpha value is -0.820. The van der Waals surface area contributed by atoms with Crippen molar-refractivity contribution in [2.24, 2.45) is 4.99 Å². The van der Waals surface area contributed by atoms with Gasteiger partial charge in [-0.05, 0) is 18.9 Å². The molecular weight excluding hydrogens is 365 g/mol. The molecule has 0 saturated carbocycles. The number of nitrogens with one attached hydrogen (secondary N) is 1. The Morgan fingerprint density at radius 3 is 2.50 bits per heavy atom. The van der Waals surface area contributed by atoms with E-state index >= 15 is 0 Å². The van der Waals surface area contributed by atoms with Crippen LogP contribution in [0.15, 0.2) is 29.3 Å². The summed E-state index contributed by atoms with van der Waals surface area (Å²) in [6, 6.07) is 8.59. The van der Waals surface area contributed by atoms with E-state index in [1.165, 1.54) is 11.1 Å². The average molecular weight is 391 g/mol. The van der Waals surface area contributed by atoms with Crippen molar-refractivity contribution in [1.82, 2.24) is 10.2 Å². The number of hydrogen-bond acceptors (Lipinski definition) is 2. The Balaban J connectivity index is 0.00000361. The Bertz CT molecular complexity index is 393. The van der Waals surface area contributed by atoms with E-state index in [9.17, 15) is 0 Å². The molecule has 20 heavy (non-hydrogen) atoms. The molecule has 0 heterocycles. The molecule has 0 fully saturated rings. The first-order valence-electron chi connectivity index (χ1n) is 6.63. The summed E-state index contributed by atoms with van der Waals surface area (Å²) in [7, 11) is 5.58. The Labute approximate surface area is 139 Å². The van der Waals surface area contributed by atoms with Crippen LogP contribution in [0.2, 0.25) is 0 Å². The molecular formula is C15H26IN3O. The van der Waals surface area contributed by atoms with Gasteiger partial charge < -0.3 is 15.0 Å². The molecule has 1 rings (SSSR count). The number of aliphatic imine (C=N–C) groups is 1. The lowest BCUT2D eigenvalue weighted by Gasteiger charge is -2.22. The maximum atomic E-state index is 5.03. The molecule has 1 aromatic carbocycles. The minimum atomic E-state index is 0. The zero-order valence-electron chi connectivity index (χ0n) is 12.8. The molecule has 114 valence electrons. The highest BCUT2D eigenvalue weighted by Gasteiger charge is 2.05. The van der Waals surface area contributed by atoms with Gasteiger partial charge in [-0.3, -0.25) is 4.99 Å². The quantitative estimate of drug-likeness (QED) is 0.351. The van der Waals surface area contributed by atoms with Crippen molar-refractivity contribution >= 4 is 29.9 Å². The number of benzene rings is 1. The third kappa shape index (κ3) is 7.09. The third-order valence-corrected chi connectivity index (χ3v) is 2.92. The maximum absolute atomic E-state index is 5.03. The lowest BCUT2D eigenvalue weighted by atomic mass is 10.1. The van der Waals surface area contributed by atoms with Gasteiger partial charge in [-0.15, -0.1) is 24.0 Å². The van der Waals surface area contributed by atoms with E-state index in [0.29, 0.717) is 0 Å². The summed E-state index contributed by atoms with van der Waals surface area (Å²) in [6.45, 7) is 4.60. The van der Waals surface area contributed by atoms with Crippen molar-refractivity contribution in [3.8, 4) is 0 Å². The van der Waals surface area contributed by atoms with Crippen LogP contribution >= 0.6 is 24.0 Å². The highest BCUT2D eigenvalue weighted by atomic mass is 127. The zero-order valence-corrected chi connectivity index (χ0v) is 15.2. The maximum Gasteiger partial charge on any atom is 0.193 e. The summed E-state index contributed by atoms with van der Waals surface area (Å²) in [4.78, 5) is 6.41. The Morgan fingerprint density at radius 2 is 1.95 bits per heavy atom. The summed E-state index contributed by atoms with van der Waals surface area (Å²) >= 11 is 0. The number of nitrogens with zero attached hydrogens (tertiary/aromatic N) is 2. The van der Waals surface area contributed by atoms with Gasteiger partial charge in [0.1, 0.15) is 0 Å². The molecule has 0 spiro atoms. The van der Waals surface area contributed by atoms with Crippen molar-refractivity contribution in [3.05, 3.63) is 35.4 Å². The van der Waals surface area contributed by atoms with Gasteiger partial charge in [0.25, 0.3) is 0 Å². The molecule has 0 amide bonds. The summed E-state index contributed by atoms with van der Waals surface area (Å²) in [6.07, 6.45) is 0.980. The topological polar surface area (TPSA) is 36.9 Å². The molecule has 0 bridgehead atoms. The van der Waals surface area contributed by atoms with Crippen molar-refractivity contribution in [2.75, 3.05) is 34.4 Å². The van der Waals surface area contributed by atoms with E-state index in [4.69, 9.17) is 4.74 Å². The fourth-order valence-corrected chi connectivity index (χ4v) is 1.84. The minimum absolute atomic E-state index is 0. The van der Waals surface area contributed by atoms with E-state index in [1.54, 1.807) is 7.11 Å². The van der Waals surface area contributed by atoms with Crippen LogP contribution in [0.3, 0.4) is 0 Å². The van der Waals surface area contributed by atoms with Gasteiger partial charge in [0.2, 0.25) is 0 Å². The minimum Gasteiger partial charge on any atom is -0.385 e. The van der Waals surface area contributed by atoms with Crippen molar-refractivity contribution in [3.63, 3.8) is 0 Å². The number of methoxy groups -OCH3 is 1. The standard InChI is InChI=1S/C15H25N3O.HI/c1-13-6-8-14(9-7-13)12-18(3)15(16-2)17-10-5-11-19-4;/h6-9H,5,10-12H2,1-4H3,(H,16,17);1H. The van der Waals surface area contributed by atoms with Gasteiger partial charge in [0.05, 0.1) is 0 Å². The largest absolute Gasteiger partial charge is 0.385 e. The fourth-order valence-electron chi connectivity index (χ4n) is 1.84. The first kappa shape index (κ1) is 19.2. The molecule has 0 aliphatic heterocycles. The highest BCUT2D eigenvalue weighted by Crippen LogP contribution is 2.05. The Kier molecular flexibility index (Phi) is 10.5.